The van der Waals surface area contributed by atoms with Gasteiger partial charge in [-0.05, 0) is 19.1 Å². The van der Waals surface area contributed by atoms with Crippen LogP contribution in [0.2, 0.25) is 0 Å². The molecule has 2 aromatic rings. The van der Waals surface area contributed by atoms with Crippen molar-refractivity contribution in [1.29, 1.82) is 0 Å². The van der Waals surface area contributed by atoms with Crippen molar-refractivity contribution in [3.05, 3.63) is 35.8 Å². The van der Waals surface area contributed by atoms with Gasteiger partial charge >= 0.3 is 0 Å². The zero-order valence-corrected chi connectivity index (χ0v) is 8.72. The number of benzene rings is 1. The molecule has 0 bridgehead atoms. The second kappa shape index (κ2) is 4.22. The van der Waals surface area contributed by atoms with Crippen molar-refractivity contribution in [2.45, 2.75) is 13.5 Å². The van der Waals surface area contributed by atoms with Crippen molar-refractivity contribution >= 4 is 6.29 Å². The van der Waals surface area contributed by atoms with Gasteiger partial charge in [-0.2, -0.15) is 0 Å². The van der Waals surface area contributed by atoms with Gasteiger partial charge in [-0.15, -0.1) is 5.10 Å². The maximum atomic E-state index is 13.5. The summed E-state index contributed by atoms with van der Waals surface area (Å²) in [6.07, 6.45) is 0.644. The van der Waals surface area contributed by atoms with Crippen LogP contribution in [0.4, 0.5) is 4.39 Å². The summed E-state index contributed by atoms with van der Waals surface area (Å²) in [5.74, 6) is -0.409. The molecule has 0 saturated heterocycles. The van der Waals surface area contributed by atoms with E-state index in [0.29, 0.717) is 24.1 Å². The van der Waals surface area contributed by atoms with E-state index in [-0.39, 0.29) is 5.69 Å². The Morgan fingerprint density at radius 2 is 2.19 bits per heavy atom. The van der Waals surface area contributed by atoms with Crippen molar-refractivity contribution in [1.82, 2.24) is 15.0 Å². The Balaban J connectivity index is 2.61. The molecule has 0 radical (unpaired) electrons. The van der Waals surface area contributed by atoms with Crippen LogP contribution in [0.25, 0.3) is 11.3 Å². The number of aldehydes is 1. The minimum atomic E-state index is -0.409. The van der Waals surface area contributed by atoms with Gasteiger partial charge < -0.3 is 0 Å². The van der Waals surface area contributed by atoms with Crippen LogP contribution in [0.5, 0.6) is 0 Å². The molecule has 0 atom stereocenters. The molecule has 1 aromatic carbocycles. The second-order valence-corrected chi connectivity index (χ2v) is 3.24. The van der Waals surface area contributed by atoms with Crippen LogP contribution in [0.15, 0.2) is 24.3 Å². The molecule has 0 amide bonds. The largest absolute Gasteiger partial charge is 0.296 e. The minimum absolute atomic E-state index is 0.287. The van der Waals surface area contributed by atoms with Crippen LogP contribution in [0.1, 0.15) is 17.4 Å². The fraction of sp³-hybridized carbons (Fsp3) is 0.182. The number of hydrogen-bond donors (Lipinski definition) is 0. The molecule has 0 aliphatic heterocycles. The molecule has 1 heterocycles. The summed E-state index contributed by atoms with van der Waals surface area (Å²) in [6.45, 7) is 2.36. The average Bonchev–Trinajstić information content (AvgIpc) is 2.72. The monoisotopic (exact) mass is 219 g/mol. The van der Waals surface area contributed by atoms with Crippen molar-refractivity contribution in [3.63, 3.8) is 0 Å². The number of nitrogens with zero attached hydrogens (tertiary/aromatic N) is 3. The van der Waals surface area contributed by atoms with Crippen LogP contribution in [-0.4, -0.2) is 21.3 Å². The number of carbonyl (C=O) groups is 1. The third kappa shape index (κ3) is 1.60. The zero-order valence-electron chi connectivity index (χ0n) is 8.72. The van der Waals surface area contributed by atoms with Gasteiger partial charge in [0.1, 0.15) is 17.2 Å². The van der Waals surface area contributed by atoms with Gasteiger partial charge in [-0.3, -0.25) is 4.79 Å². The Bertz CT molecular complexity index is 522. The predicted octanol–water partition coefficient (Wildman–Crippen LogP) is 1.92. The summed E-state index contributed by atoms with van der Waals surface area (Å²) in [4.78, 5) is 10.9. The normalized spacial score (nSPS) is 10.4. The van der Waals surface area contributed by atoms with Crippen LogP contribution < -0.4 is 0 Å². The zero-order chi connectivity index (χ0) is 11.5. The van der Waals surface area contributed by atoms with Crippen LogP contribution >= 0.6 is 0 Å². The lowest BCUT2D eigenvalue weighted by Gasteiger charge is -2.00. The number of halogens is 1. The molecular weight excluding hydrogens is 209 g/mol. The average molecular weight is 219 g/mol. The molecule has 5 heteroatoms. The van der Waals surface area contributed by atoms with E-state index in [1.807, 2.05) is 6.92 Å². The van der Waals surface area contributed by atoms with Gasteiger partial charge in [0.2, 0.25) is 0 Å². The molecule has 0 saturated carbocycles. The molecule has 0 unspecified atom stereocenters. The fourth-order valence-electron chi connectivity index (χ4n) is 1.52. The van der Waals surface area contributed by atoms with E-state index in [1.54, 1.807) is 18.2 Å². The molecule has 82 valence electrons. The van der Waals surface area contributed by atoms with Crippen molar-refractivity contribution in [2.24, 2.45) is 0 Å². The van der Waals surface area contributed by atoms with E-state index in [2.05, 4.69) is 10.3 Å². The number of aromatic nitrogens is 3. The fourth-order valence-corrected chi connectivity index (χ4v) is 1.52. The molecule has 4 nitrogen and oxygen atoms in total. The quantitative estimate of drug-likeness (QED) is 0.741. The first-order chi connectivity index (χ1) is 7.77. The maximum absolute atomic E-state index is 13.5. The maximum Gasteiger partial charge on any atom is 0.170 e. The smallest absolute Gasteiger partial charge is 0.170 e. The standard InChI is InChI=1S/C11H10FN3O/c1-2-15-10(7-16)11(13-14-15)8-5-3-4-6-9(8)12/h3-7H,2H2,1H3. The molecule has 16 heavy (non-hydrogen) atoms. The third-order valence-corrected chi connectivity index (χ3v) is 2.31. The Morgan fingerprint density at radius 1 is 1.44 bits per heavy atom. The van der Waals surface area contributed by atoms with Crippen LogP contribution in [-0.2, 0) is 6.54 Å². The van der Waals surface area contributed by atoms with E-state index >= 15 is 0 Å². The molecule has 0 fully saturated rings. The lowest BCUT2D eigenvalue weighted by Crippen LogP contribution is -2.02. The Morgan fingerprint density at radius 3 is 2.81 bits per heavy atom. The summed E-state index contributed by atoms with van der Waals surface area (Å²) in [5.41, 5.74) is 0.881. The number of hydrogen-bond acceptors (Lipinski definition) is 3. The van der Waals surface area contributed by atoms with E-state index in [4.69, 9.17) is 0 Å². The van der Waals surface area contributed by atoms with E-state index in [1.165, 1.54) is 10.7 Å². The molecule has 2 rings (SSSR count). The topological polar surface area (TPSA) is 47.8 Å². The second-order valence-electron chi connectivity index (χ2n) is 3.24. The lowest BCUT2D eigenvalue weighted by atomic mass is 10.1. The minimum Gasteiger partial charge on any atom is -0.296 e. The third-order valence-electron chi connectivity index (χ3n) is 2.31. The summed E-state index contributed by atoms with van der Waals surface area (Å²) in [7, 11) is 0. The molecular formula is C11H10FN3O. The molecule has 1 aromatic heterocycles. The number of rotatable bonds is 3. The summed E-state index contributed by atoms with van der Waals surface area (Å²) >= 11 is 0. The molecule has 0 aliphatic carbocycles. The van der Waals surface area contributed by atoms with Gasteiger partial charge in [0.15, 0.2) is 6.29 Å². The summed E-state index contributed by atoms with van der Waals surface area (Å²) in [6, 6.07) is 6.18. The van der Waals surface area contributed by atoms with Crippen molar-refractivity contribution < 1.29 is 9.18 Å². The Kier molecular flexibility index (Phi) is 2.76. The Labute approximate surface area is 91.7 Å². The van der Waals surface area contributed by atoms with Gasteiger partial charge in [-0.1, -0.05) is 17.3 Å². The van der Waals surface area contributed by atoms with Gasteiger partial charge in [0, 0.05) is 12.1 Å². The van der Waals surface area contributed by atoms with Gasteiger partial charge in [-0.25, -0.2) is 9.07 Å². The first kappa shape index (κ1) is 10.5. The molecule has 0 spiro atoms. The molecule has 0 N–H and O–H groups in total. The highest BCUT2D eigenvalue weighted by atomic mass is 19.1. The van der Waals surface area contributed by atoms with E-state index in [9.17, 15) is 9.18 Å². The molecule has 0 aliphatic rings. The van der Waals surface area contributed by atoms with Crippen LogP contribution in [0, 0.1) is 5.82 Å². The highest BCUT2D eigenvalue weighted by molar-refractivity contribution is 5.83. The van der Waals surface area contributed by atoms with Crippen molar-refractivity contribution in [3.8, 4) is 11.3 Å². The first-order valence-electron chi connectivity index (χ1n) is 4.91. The highest BCUT2D eigenvalue weighted by Gasteiger charge is 2.15. The van der Waals surface area contributed by atoms with Gasteiger partial charge in [0.05, 0.1) is 0 Å². The predicted molar refractivity (Wildman–Crippen MR) is 56.5 cm³/mol. The van der Waals surface area contributed by atoms with E-state index in [0.717, 1.165) is 0 Å². The number of carbonyl (C=O) groups excluding carboxylic acids is 1. The van der Waals surface area contributed by atoms with Crippen molar-refractivity contribution in [2.75, 3.05) is 0 Å². The van der Waals surface area contributed by atoms with Crippen LogP contribution in [0.3, 0.4) is 0 Å². The van der Waals surface area contributed by atoms with E-state index < -0.39 is 5.82 Å². The lowest BCUT2D eigenvalue weighted by molar-refractivity contribution is 0.111. The number of aryl methyl sites for hydroxylation is 1. The first-order valence-corrected chi connectivity index (χ1v) is 4.91. The van der Waals surface area contributed by atoms with Gasteiger partial charge in [0.25, 0.3) is 0 Å². The summed E-state index contributed by atoms with van der Waals surface area (Å²) < 4.78 is 15.0. The highest BCUT2D eigenvalue weighted by Crippen LogP contribution is 2.22. The SMILES string of the molecule is CCn1nnc(-c2ccccc2F)c1C=O. The Hall–Kier alpha value is -2.04. The summed E-state index contributed by atoms with van der Waals surface area (Å²) in [5, 5.41) is 7.62.